The van der Waals surface area contributed by atoms with Crippen molar-refractivity contribution < 1.29 is 18.9 Å². The van der Waals surface area contributed by atoms with Crippen molar-refractivity contribution in [2.75, 3.05) is 11.4 Å². The van der Waals surface area contributed by atoms with Crippen molar-refractivity contribution in [1.29, 1.82) is 0 Å². The van der Waals surface area contributed by atoms with Crippen LogP contribution in [0.2, 0.25) is 5.02 Å². The number of aryl methyl sites for hydroxylation is 1. The molecule has 3 aromatic rings. The number of hydrogen-bond donors (Lipinski definition) is 1. The van der Waals surface area contributed by atoms with Crippen LogP contribution in [-0.4, -0.2) is 29.0 Å². The number of anilines is 1. The van der Waals surface area contributed by atoms with E-state index in [1.54, 1.807) is 11.8 Å². The Morgan fingerprint density at radius 3 is 2.63 bits per heavy atom. The van der Waals surface area contributed by atoms with E-state index in [2.05, 4.69) is 10.5 Å². The Bertz CT molecular complexity index is 1330. The first-order valence-electron chi connectivity index (χ1n) is 11.1. The van der Waals surface area contributed by atoms with Crippen LogP contribution in [0.3, 0.4) is 0 Å². The lowest BCUT2D eigenvalue weighted by molar-refractivity contribution is -0.384. The number of amides is 2. The SMILES string of the molecule is CCN(C(=O)c1oc2c(c1C)/C(=N/NC(=O)c1ccc(Cl)c([N+](=O)[O-])c1)CCC2)c1ccccc1. The van der Waals surface area contributed by atoms with Gasteiger partial charge >= 0.3 is 0 Å². The summed E-state index contributed by atoms with van der Waals surface area (Å²) < 4.78 is 6.01. The predicted octanol–water partition coefficient (Wildman–Crippen LogP) is 5.29. The number of halogens is 1. The number of hydrogen-bond acceptors (Lipinski definition) is 6. The quantitative estimate of drug-likeness (QED) is 0.369. The van der Waals surface area contributed by atoms with Gasteiger partial charge in [0.1, 0.15) is 10.8 Å². The van der Waals surface area contributed by atoms with Gasteiger partial charge in [0.25, 0.3) is 17.5 Å². The molecule has 2 amide bonds. The zero-order valence-electron chi connectivity index (χ0n) is 19.2. The van der Waals surface area contributed by atoms with Crippen molar-refractivity contribution in [1.82, 2.24) is 5.43 Å². The lowest BCUT2D eigenvalue weighted by atomic mass is 9.93. The van der Waals surface area contributed by atoms with Gasteiger partial charge in [-0.3, -0.25) is 19.7 Å². The molecule has 0 bridgehead atoms. The van der Waals surface area contributed by atoms with Crippen LogP contribution in [0, 0.1) is 17.0 Å². The van der Waals surface area contributed by atoms with E-state index in [0.29, 0.717) is 42.0 Å². The van der Waals surface area contributed by atoms with Crippen LogP contribution in [0.1, 0.15) is 57.6 Å². The van der Waals surface area contributed by atoms with E-state index in [4.69, 9.17) is 16.0 Å². The van der Waals surface area contributed by atoms with Crippen molar-refractivity contribution in [3.05, 3.63) is 91.9 Å². The summed E-state index contributed by atoms with van der Waals surface area (Å²) >= 11 is 5.83. The molecular formula is C25H23ClN4O5. The van der Waals surface area contributed by atoms with Crippen molar-refractivity contribution >= 4 is 40.5 Å². The largest absolute Gasteiger partial charge is 0.455 e. The highest BCUT2D eigenvalue weighted by Crippen LogP contribution is 2.31. The molecule has 9 nitrogen and oxygen atoms in total. The minimum atomic E-state index is -0.652. The second-order valence-electron chi connectivity index (χ2n) is 8.02. The van der Waals surface area contributed by atoms with Gasteiger partial charge in [-0.05, 0) is 51.0 Å². The summed E-state index contributed by atoms with van der Waals surface area (Å²) in [4.78, 5) is 38.0. The predicted molar refractivity (Wildman–Crippen MR) is 132 cm³/mol. The number of carbonyl (C=O) groups excluding carboxylic acids is 2. The molecule has 1 aliphatic rings. The Kier molecular flexibility index (Phi) is 6.97. The number of hydrazone groups is 1. The summed E-state index contributed by atoms with van der Waals surface area (Å²) in [5.74, 6) is 0.0387. The van der Waals surface area contributed by atoms with Gasteiger partial charge in [0, 0.05) is 41.4 Å². The minimum absolute atomic E-state index is 0.0577. The number of nitro groups is 1. The van der Waals surface area contributed by atoms with Gasteiger partial charge in [0.2, 0.25) is 0 Å². The lowest BCUT2D eigenvalue weighted by Gasteiger charge is -2.20. The zero-order chi connectivity index (χ0) is 25.1. The highest BCUT2D eigenvalue weighted by Gasteiger charge is 2.30. The molecule has 1 N–H and O–H groups in total. The number of furan rings is 1. The number of benzene rings is 2. The van der Waals surface area contributed by atoms with Crippen LogP contribution < -0.4 is 10.3 Å². The first-order chi connectivity index (χ1) is 16.8. The number of fused-ring (bicyclic) bond motifs is 1. The van der Waals surface area contributed by atoms with Crippen molar-refractivity contribution in [2.45, 2.75) is 33.1 Å². The molecule has 0 fully saturated rings. The van der Waals surface area contributed by atoms with Crippen molar-refractivity contribution in [2.24, 2.45) is 5.10 Å². The highest BCUT2D eigenvalue weighted by molar-refractivity contribution is 6.32. The molecule has 4 rings (SSSR count). The monoisotopic (exact) mass is 494 g/mol. The van der Waals surface area contributed by atoms with E-state index in [9.17, 15) is 19.7 Å². The number of nitrogens with one attached hydrogen (secondary N) is 1. The number of para-hydroxylation sites is 1. The fourth-order valence-corrected chi connectivity index (χ4v) is 4.32. The Morgan fingerprint density at radius 2 is 1.94 bits per heavy atom. The molecule has 0 unspecified atom stereocenters. The van der Waals surface area contributed by atoms with Gasteiger partial charge in [0.15, 0.2) is 5.76 Å². The topological polar surface area (TPSA) is 118 Å². The van der Waals surface area contributed by atoms with E-state index < -0.39 is 10.8 Å². The summed E-state index contributed by atoms with van der Waals surface area (Å²) in [6, 6.07) is 13.1. The zero-order valence-corrected chi connectivity index (χ0v) is 20.0. The normalized spacial score (nSPS) is 13.9. The fourth-order valence-electron chi connectivity index (χ4n) is 4.13. The molecule has 0 aliphatic heterocycles. The summed E-state index contributed by atoms with van der Waals surface area (Å²) in [6.45, 7) is 4.17. The molecule has 10 heteroatoms. The lowest BCUT2D eigenvalue weighted by Crippen LogP contribution is -2.30. The second-order valence-corrected chi connectivity index (χ2v) is 8.42. The van der Waals surface area contributed by atoms with Gasteiger partial charge in [0.05, 0.1) is 10.6 Å². The van der Waals surface area contributed by atoms with Crippen molar-refractivity contribution in [3.8, 4) is 0 Å². The highest BCUT2D eigenvalue weighted by atomic mass is 35.5. The van der Waals surface area contributed by atoms with Crippen molar-refractivity contribution in [3.63, 3.8) is 0 Å². The van der Waals surface area contributed by atoms with Gasteiger partial charge < -0.3 is 9.32 Å². The smallest absolute Gasteiger partial charge is 0.294 e. The third-order valence-electron chi connectivity index (χ3n) is 5.85. The van der Waals surface area contributed by atoms with Gasteiger partial charge in [-0.1, -0.05) is 29.8 Å². The van der Waals surface area contributed by atoms with E-state index >= 15 is 0 Å². The molecule has 1 aromatic heterocycles. The number of nitrogens with zero attached hydrogens (tertiary/aromatic N) is 3. The first kappa shape index (κ1) is 24.2. The van der Waals surface area contributed by atoms with E-state index in [1.165, 1.54) is 12.1 Å². The van der Waals surface area contributed by atoms with E-state index in [1.807, 2.05) is 37.3 Å². The minimum Gasteiger partial charge on any atom is -0.455 e. The molecule has 35 heavy (non-hydrogen) atoms. The Labute approximate surface area is 206 Å². The van der Waals surface area contributed by atoms with Crippen LogP contribution >= 0.6 is 11.6 Å². The van der Waals surface area contributed by atoms with Gasteiger partial charge in [-0.15, -0.1) is 0 Å². The summed E-state index contributed by atoms with van der Waals surface area (Å²) in [7, 11) is 0. The Balaban J connectivity index is 1.61. The first-order valence-corrected chi connectivity index (χ1v) is 11.5. The standard InChI is InChI=1S/C25H23ClN4O5/c1-3-29(17-8-5-4-6-9-17)25(32)23-15(2)22-19(10-7-11-21(22)35-23)27-28-24(31)16-12-13-18(26)20(14-16)30(33)34/h4-6,8-9,12-14H,3,7,10-11H2,1-2H3,(H,28,31)/b27-19+. The molecule has 0 radical (unpaired) electrons. The third kappa shape index (κ3) is 4.81. The Morgan fingerprint density at radius 1 is 1.20 bits per heavy atom. The van der Waals surface area contributed by atoms with Gasteiger partial charge in [-0.25, -0.2) is 5.43 Å². The molecular weight excluding hydrogens is 472 g/mol. The second kappa shape index (κ2) is 10.1. The van der Waals surface area contributed by atoms with E-state index in [-0.39, 0.29) is 27.9 Å². The van der Waals surface area contributed by atoms with Crippen LogP contribution in [0.25, 0.3) is 0 Å². The van der Waals surface area contributed by atoms with Crippen LogP contribution in [0.5, 0.6) is 0 Å². The molecule has 0 spiro atoms. The maximum atomic E-state index is 13.3. The third-order valence-corrected chi connectivity index (χ3v) is 6.17. The summed E-state index contributed by atoms with van der Waals surface area (Å²) in [6.07, 6.45) is 1.97. The summed E-state index contributed by atoms with van der Waals surface area (Å²) in [5, 5.41) is 15.3. The number of carbonyl (C=O) groups is 2. The van der Waals surface area contributed by atoms with Crippen LogP contribution in [-0.2, 0) is 6.42 Å². The number of nitro benzene ring substituents is 1. The molecule has 1 heterocycles. The summed E-state index contributed by atoms with van der Waals surface area (Å²) in [5.41, 5.74) is 4.90. The maximum absolute atomic E-state index is 13.3. The molecule has 0 atom stereocenters. The van der Waals surface area contributed by atoms with Gasteiger partial charge in [-0.2, -0.15) is 5.10 Å². The molecule has 0 saturated carbocycles. The fraction of sp³-hybridized carbons (Fsp3) is 0.240. The van der Waals surface area contributed by atoms with E-state index in [0.717, 1.165) is 18.2 Å². The average Bonchev–Trinajstić information content (AvgIpc) is 3.20. The molecule has 0 saturated heterocycles. The number of rotatable bonds is 6. The van der Waals surface area contributed by atoms with Crippen LogP contribution in [0.4, 0.5) is 11.4 Å². The molecule has 1 aliphatic carbocycles. The van der Waals surface area contributed by atoms with Crippen LogP contribution in [0.15, 0.2) is 58.0 Å². The Hall–Kier alpha value is -3.98. The average molecular weight is 495 g/mol. The maximum Gasteiger partial charge on any atom is 0.294 e. The molecule has 180 valence electrons. The molecule has 2 aromatic carbocycles.